The van der Waals surface area contributed by atoms with E-state index in [9.17, 15) is 13.2 Å². The van der Waals surface area contributed by atoms with Gasteiger partial charge in [0.1, 0.15) is 6.54 Å². The van der Waals surface area contributed by atoms with Crippen molar-refractivity contribution in [2.75, 3.05) is 30.4 Å². The Bertz CT molecular complexity index is 1260. The number of benzene rings is 3. The zero-order valence-corrected chi connectivity index (χ0v) is 20.3. The summed E-state index contributed by atoms with van der Waals surface area (Å²) in [6, 6.07) is 16.0. The quantitative estimate of drug-likeness (QED) is 0.492. The highest BCUT2D eigenvalue weighted by Gasteiger charge is 2.28. The molecule has 3 rings (SSSR count). The van der Waals surface area contributed by atoms with Crippen LogP contribution in [0.25, 0.3) is 0 Å². The molecule has 1 N–H and O–H groups in total. The second-order valence-electron chi connectivity index (χ2n) is 7.35. The fourth-order valence-electron chi connectivity index (χ4n) is 3.18. The fraction of sp³-hybridized carbons (Fsp3) is 0.208. The van der Waals surface area contributed by atoms with Crippen LogP contribution in [0.3, 0.4) is 0 Å². The molecule has 0 radical (unpaired) electrons. The number of ether oxygens (including phenoxy) is 2. The van der Waals surface area contributed by atoms with E-state index in [1.54, 1.807) is 30.3 Å². The van der Waals surface area contributed by atoms with Gasteiger partial charge in [0, 0.05) is 16.8 Å². The van der Waals surface area contributed by atoms with Crippen LogP contribution in [0.15, 0.2) is 65.6 Å². The molecule has 174 valence electrons. The molecule has 0 saturated carbocycles. The van der Waals surface area contributed by atoms with Crippen molar-refractivity contribution in [1.29, 1.82) is 0 Å². The van der Waals surface area contributed by atoms with Gasteiger partial charge in [-0.1, -0.05) is 17.7 Å². The number of amides is 1. The van der Waals surface area contributed by atoms with Crippen LogP contribution in [0.5, 0.6) is 11.5 Å². The normalized spacial score (nSPS) is 11.1. The predicted molar refractivity (Wildman–Crippen MR) is 130 cm³/mol. The molecule has 0 aliphatic carbocycles. The minimum absolute atomic E-state index is 0.0471. The third-order valence-electron chi connectivity index (χ3n) is 5.14. The number of methoxy groups -OCH3 is 2. The number of carbonyl (C=O) groups is 1. The number of carbonyl (C=O) groups excluding carboxylic acids is 1. The van der Waals surface area contributed by atoms with E-state index >= 15 is 0 Å². The minimum Gasteiger partial charge on any atom is -0.493 e. The first-order valence-electron chi connectivity index (χ1n) is 10.0. The van der Waals surface area contributed by atoms with Crippen molar-refractivity contribution < 1.29 is 22.7 Å². The fourth-order valence-corrected chi connectivity index (χ4v) is 4.74. The first kappa shape index (κ1) is 24.4. The highest BCUT2D eigenvalue weighted by atomic mass is 35.5. The summed E-state index contributed by atoms with van der Waals surface area (Å²) in [5, 5.41) is 3.22. The predicted octanol–water partition coefficient (Wildman–Crippen LogP) is 4.81. The molecular weight excluding hydrogens is 464 g/mol. The molecule has 9 heteroatoms. The van der Waals surface area contributed by atoms with Gasteiger partial charge in [-0.15, -0.1) is 0 Å². The highest BCUT2D eigenvalue weighted by Crippen LogP contribution is 2.32. The maximum absolute atomic E-state index is 13.6. The maximum atomic E-state index is 13.6. The number of aryl methyl sites for hydroxylation is 2. The maximum Gasteiger partial charge on any atom is 0.264 e. The lowest BCUT2D eigenvalue weighted by Gasteiger charge is -2.24. The van der Waals surface area contributed by atoms with E-state index in [-0.39, 0.29) is 10.6 Å². The summed E-state index contributed by atoms with van der Waals surface area (Å²) in [7, 11) is -1.25. The Morgan fingerprint density at radius 1 is 0.909 bits per heavy atom. The molecule has 3 aromatic carbocycles. The third-order valence-corrected chi connectivity index (χ3v) is 7.16. The molecule has 0 spiro atoms. The molecule has 0 atom stereocenters. The molecule has 0 fully saturated rings. The number of hydrogen-bond acceptors (Lipinski definition) is 5. The van der Waals surface area contributed by atoms with Crippen LogP contribution >= 0.6 is 11.6 Å². The zero-order chi connectivity index (χ0) is 24.2. The summed E-state index contributed by atoms with van der Waals surface area (Å²) < 4.78 is 38.7. The molecule has 0 aliphatic heterocycles. The van der Waals surface area contributed by atoms with Crippen LogP contribution in [-0.4, -0.2) is 35.1 Å². The molecular formula is C24H25ClN2O5S. The number of nitrogens with one attached hydrogen (secondary N) is 1. The van der Waals surface area contributed by atoms with Crippen molar-refractivity contribution in [3.05, 3.63) is 76.8 Å². The van der Waals surface area contributed by atoms with Gasteiger partial charge < -0.3 is 14.8 Å². The number of rotatable bonds is 8. The number of anilines is 2. The molecule has 33 heavy (non-hydrogen) atoms. The highest BCUT2D eigenvalue weighted by molar-refractivity contribution is 7.92. The van der Waals surface area contributed by atoms with E-state index in [4.69, 9.17) is 21.1 Å². The second kappa shape index (κ2) is 10.1. The third kappa shape index (κ3) is 5.58. The molecule has 0 aromatic heterocycles. The van der Waals surface area contributed by atoms with Crippen LogP contribution in [-0.2, 0) is 14.8 Å². The Labute approximate surface area is 198 Å². The lowest BCUT2D eigenvalue weighted by atomic mass is 10.1. The smallest absolute Gasteiger partial charge is 0.264 e. The Morgan fingerprint density at radius 3 is 2.18 bits per heavy atom. The Morgan fingerprint density at radius 2 is 1.58 bits per heavy atom. The number of hydrogen-bond donors (Lipinski definition) is 1. The van der Waals surface area contributed by atoms with Gasteiger partial charge in [-0.3, -0.25) is 9.10 Å². The van der Waals surface area contributed by atoms with Crippen LogP contribution < -0.4 is 19.1 Å². The van der Waals surface area contributed by atoms with Crippen LogP contribution in [0.4, 0.5) is 11.4 Å². The van der Waals surface area contributed by atoms with Gasteiger partial charge >= 0.3 is 0 Å². The zero-order valence-electron chi connectivity index (χ0n) is 18.8. The molecule has 0 aliphatic rings. The van der Waals surface area contributed by atoms with Crippen molar-refractivity contribution in [2.24, 2.45) is 0 Å². The Hall–Kier alpha value is -3.23. The van der Waals surface area contributed by atoms with E-state index in [0.29, 0.717) is 22.1 Å². The largest absolute Gasteiger partial charge is 0.493 e. The standard InChI is InChI=1S/C24H25ClN2O5S/c1-16-5-8-19(13-17(16)2)26-24(28)15-27(20-9-6-18(25)7-10-20)33(29,30)21-11-12-22(31-3)23(14-21)32-4/h5-14H,15H2,1-4H3,(H,26,28). The van der Waals surface area contributed by atoms with Gasteiger partial charge in [0.05, 0.1) is 24.8 Å². The van der Waals surface area contributed by atoms with E-state index in [1.807, 2.05) is 26.0 Å². The van der Waals surface area contributed by atoms with Crippen LogP contribution in [0.1, 0.15) is 11.1 Å². The number of halogens is 1. The van der Waals surface area contributed by atoms with Crippen molar-refractivity contribution in [2.45, 2.75) is 18.7 Å². The van der Waals surface area contributed by atoms with Gasteiger partial charge in [-0.05, 0) is 73.5 Å². The van der Waals surface area contributed by atoms with Crippen molar-refractivity contribution in [3.63, 3.8) is 0 Å². The number of sulfonamides is 1. The summed E-state index contributed by atoms with van der Waals surface area (Å²) in [6.45, 7) is 3.47. The van der Waals surface area contributed by atoms with Crippen molar-refractivity contribution >= 4 is 38.9 Å². The van der Waals surface area contributed by atoms with Gasteiger partial charge in [0.25, 0.3) is 10.0 Å². The monoisotopic (exact) mass is 488 g/mol. The summed E-state index contributed by atoms with van der Waals surface area (Å²) in [4.78, 5) is 12.8. The lowest BCUT2D eigenvalue weighted by molar-refractivity contribution is -0.114. The first-order valence-corrected chi connectivity index (χ1v) is 11.8. The Kier molecular flexibility index (Phi) is 7.50. The van der Waals surface area contributed by atoms with Crippen molar-refractivity contribution in [3.8, 4) is 11.5 Å². The summed E-state index contributed by atoms with van der Waals surface area (Å²) in [6.07, 6.45) is 0. The van der Waals surface area contributed by atoms with Gasteiger partial charge in [0.2, 0.25) is 5.91 Å². The molecule has 0 saturated heterocycles. The first-order chi connectivity index (χ1) is 15.6. The minimum atomic E-state index is -4.13. The van der Waals surface area contributed by atoms with Crippen molar-refractivity contribution in [1.82, 2.24) is 0 Å². The summed E-state index contributed by atoms with van der Waals surface area (Å²) in [5.41, 5.74) is 2.99. The van der Waals surface area contributed by atoms with Gasteiger partial charge in [-0.25, -0.2) is 8.42 Å². The van der Waals surface area contributed by atoms with E-state index in [2.05, 4.69) is 5.32 Å². The van der Waals surface area contributed by atoms with Gasteiger partial charge in [-0.2, -0.15) is 0 Å². The average molecular weight is 489 g/mol. The molecule has 3 aromatic rings. The van der Waals surface area contributed by atoms with Crippen LogP contribution in [0, 0.1) is 13.8 Å². The van der Waals surface area contributed by atoms with E-state index in [0.717, 1.165) is 15.4 Å². The Balaban J connectivity index is 1.98. The molecule has 0 unspecified atom stereocenters. The molecule has 1 amide bonds. The lowest BCUT2D eigenvalue weighted by Crippen LogP contribution is -2.38. The topological polar surface area (TPSA) is 84.9 Å². The van der Waals surface area contributed by atoms with E-state index < -0.39 is 22.5 Å². The van der Waals surface area contributed by atoms with Gasteiger partial charge in [0.15, 0.2) is 11.5 Å². The van der Waals surface area contributed by atoms with E-state index in [1.165, 1.54) is 32.4 Å². The molecule has 7 nitrogen and oxygen atoms in total. The SMILES string of the molecule is COc1ccc(S(=O)(=O)N(CC(=O)Nc2ccc(C)c(C)c2)c2ccc(Cl)cc2)cc1OC. The molecule has 0 heterocycles. The van der Waals surface area contributed by atoms with Crippen LogP contribution in [0.2, 0.25) is 5.02 Å². The molecule has 0 bridgehead atoms. The number of nitrogens with zero attached hydrogens (tertiary/aromatic N) is 1. The second-order valence-corrected chi connectivity index (χ2v) is 9.65. The average Bonchev–Trinajstić information content (AvgIpc) is 2.80. The summed E-state index contributed by atoms with van der Waals surface area (Å²) >= 11 is 5.98. The summed E-state index contributed by atoms with van der Waals surface area (Å²) in [5.74, 6) is 0.161.